The van der Waals surface area contributed by atoms with E-state index in [2.05, 4.69) is 10.0 Å². The second kappa shape index (κ2) is 5.92. The van der Waals surface area contributed by atoms with E-state index in [1.165, 1.54) is 30.3 Å². The maximum atomic E-state index is 12.4. The third-order valence-corrected chi connectivity index (χ3v) is 5.15. The molecule has 0 saturated carbocycles. The van der Waals surface area contributed by atoms with Gasteiger partial charge < -0.3 is 10.1 Å². The normalized spacial score (nSPS) is 13.7. The number of anilines is 2. The topological polar surface area (TPSA) is 84.5 Å². The van der Waals surface area contributed by atoms with E-state index in [1.807, 2.05) is 0 Å². The molecule has 1 aliphatic heterocycles. The molecule has 0 fully saturated rings. The Morgan fingerprint density at radius 1 is 1.13 bits per heavy atom. The maximum absolute atomic E-state index is 12.4. The van der Waals surface area contributed by atoms with Crippen LogP contribution in [0.4, 0.5) is 11.4 Å². The molecule has 3 rings (SSSR count). The zero-order valence-electron chi connectivity index (χ0n) is 11.5. The smallest absolute Gasteiger partial charge is 0.263 e. The van der Waals surface area contributed by atoms with Crippen molar-refractivity contribution < 1.29 is 17.9 Å². The molecule has 0 atom stereocenters. The number of hydrogen-bond donors (Lipinski definition) is 2. The molecule has 6 nitrogen and oxygen atoms in total. The predicted octanol–water partition coefficient (Wildman–Crippen LogP) is 3.13. The van der Waals surface area contributed by atoms with Crippen LogP contribution in [0, 0.1) is 0 Å². The van der Waals surface area contributed by atoms with Crippen LogP contribution in [-0.2, 0) is 14.8 Å². The number of carbonyl (C=O) groups excluding carboxylic acids is 1. The van der Waals surface area contributed by atoms with Crippen LogP contribution in [0.1, 0.15) is 0 Å². The molecule has 1 aliphatic rings. The van der Waals surface area contributed by atoms with E-state index in [4.69, 9.17) is 27.9 Å². The van der Waals surface area contributed by atoms with Gasteiger partial charge in [0.2, 0.25) is 0 Å². The van der Waals surface area contributed by atoms with Gasteiger partial charge in [0.25, 0.3) is 15.9 Å². The number of halogens is 2. The van der Waals surface area contributed by atoms with Gasteiger partial charge in [0, 0.05) is 5.02 Å². The number of benzene rings is 2. The monoisotopic (exact) mass is 372 g/mol. The first kappa shape index (κ1) is 15.9. The summed E-state index contributed by atoms with van der Waals surface area (Å²) < 4.78 is 32.5. The minimum Gasteiger partial charge on any atom is -0.482 e. The summed E-state index contributed by atoms with van der Waals surface area (Å²) in [4.78, 5) is 11.2. The second-order valence-corrected chi connectivity index (χ2v) is 7.22. The number of rotatable bonds is 3. The number of carbonyl (C=O) groups is 1. The molecule has 0 aliphatic carbocycles. The summed E-state index contributed by atoms with van der Waals surface area (Å²) in [6.45, 7) is -0.0732. The molecule has 0 unspecified atom stereocenters. The van der Waals surface area contributed by atoms with Crippen molar-refractivity contribution in [3.05, 3.63) is 46.4 Å². The van der Waals surface area contributed by atoms with Crippen LogP contribution in [0.25, 0.3) is 0 Å². The molecule has 23 heavy (non-hydrogen) atoms. The minimum atomic E-state index is -3.93. The van der Waals surface area contributed by atoms with E-state index >= 15 is 0 Å². The van der Waals surface area contributed by atoms with E-state index in [1.54, 1.807) is 6.07 Å². The molecule has 1 heterocycles. The van der Waals surface area contributed by atoms with Crippen molar-refractivity contribution in [2.75, 3.05) is 16.6 Å². The summed E-state index contributed by atoms with van der Waals surface area (Å²) in [5.41, 5.74) is 0.643. The molecule has 2 aromatic rings. The highest BCUT2D eigenvalue weighted by atomic mass is 35.5. The standard InChI is InChI=1S/C14H10Cl2N2O4S/c15-8-1-3-10(16)13(5-8)23(20,21)18-9-2-4-12-11(6-9)17-14(19)7-22-12/h1-6,18H,7H2,(H,17,19). The number of amides is 1. The molecule has 2 N–H and O–H groups in total. The van der Waals surface area contributed by atoms with Crippen LogP contribution in [0.15, 0.2) is 41.3 Å². The number of sulfonamides is 1. The lowest BCUT2D eigenvalue weighted by Gasteiger charge is -2.19. The highest BCUT2D eigenvalue weighted by molar-refractivity contribution is 7.92. The van der Waals surface area contributed by atoms with Gasteiger partial charge in [0.1, 0.15) is 10.6 Å². The summed E-state index contributed by atoms with van der Waals surface area (Å²) in [6, 6.07) is 8.70. The molecule has 0 bridgehead atoms. The van der Waals surface area contributed by atoms with Gasteiger partial charge in [-0.25, -0.2) is 8.42 Å². The number of hydrogen-bond acceptors (Lipinski definition) is 4. The summed E-state index contributed by atoms with van der Waals surface area (Å²) in [6.07, 6.45) is 0. The first-order chi connectivity index (χ1) is 10.8. The predicted molar refractivity (Wildman–Crippen MR) is 87.8 cm³/mol. The fourth-order valence-electron chi connectivity index (χ4n) is 2.04. The van der Waals surface area contributed by atoms with Crippen LogP contribution < -0.4 is 14.8 Å². The van der Waals surface area contributed by atoms with Gasteiger partial charge >= 0.3 is 0 Å². The van der Waals surface area contributed by atoms with E-state index in [0.717, 1.165) is 0 Å². The first-order valence-electron chi connectivity index (χ1n) is 6.40. The van der Waals surface area contributed by atoms with Gasteiger partial charge in [-0.1, -0.05) is 23.2 Å². The lowest BCUT2D eigenvalue weighted by Crippen LogP contribution is -2.25. The summed E-state index contributed by atoms with van der Waals surface area (Å²) in [7, 11) is -3.93. The number of nitrogens with one attached hydrogen (secondary N) is 2. The van der Waals surface area contributed by atoms with Gasteiger partial charge in [0.05, 0.1) is 16.4 Å². The van der Waals surface area contributed by atoms with Gasteiger partial charge in [-0.2, -0.15) is 0 Å². The third-order valence-electron chi connectivity index (χ3n) is 3.05. The lowest BCUT2D eigenvalue weighted by atomic mass is 10.2. The van der Waals surface area contributed by atoms with Crippen molar-refractivity contribution in [1.29, 1.82) is 0 Å². The average Bonchev–Trinajstić information content (AvgIpc) is 2.48. The van der Waals surface area contributed by atoms with Crippen LogP contribution in [-0.4, -0.2) is 20.9 Å². The fraction of sp³-hybridized carbons (Fsp3) is 0.0714. The van der Waals surface area contributed by atoms with E-state index in [9.17, 15) is 13.2 Å². The molecule has 0 saturated heterocycles. The fourth-order valence-corrected chi connectivity index (χ4v) is 3.85. The van der Waals surface area contributed by atoms with E-state index in [0.29, 0.717) is 11.4 Å². The SMILES string of the molecule is O=C1COc2ccc(NS(=O)(=O)c3cc(Cl)ccc3Cl)cc2N1. The molecule has 1 amide bonds. The van der Waals surface area contributed by atoms with Crippen molar-refractivity contribution in [1.82, 2.24) is 0 Å². The number of fused-ring (bicyclic) bond motifs is 1. The Bertz CT molecular complexity index is 900. The Labute approximate surface area is 142 Å². The van der Waals surface area contributed by atoms with Gasteiger partial charge in [-0.05, 0) is 36.4 Å². The Morgan fingerprint density at radius 2 is 1.91 bits per heavy atom. The molecule has 2 aromatic carbocycles. The molecule has 9 heteroatoms. The average molecular weight is 373 g/mol. The van der Waals surface area contributed by atoms with Crippen molar-refractivity contribution >= 4 is 50.5 Å². The van der Waals surface area contributed by atoms with Crippen molar-refractivity contribution in [2.24, 2.45) is 0 Å². The Balaban J connectivity index is 1.93. The largest absolute Gasteiger partial charge is 0.482 e. The molecule has 120 valence electrons. The van der Waals surface area contributed by atoms with Crippen LogP contribution in [0.2, 0.25) is 10.0 Å². The molecule has 0 radical (unpaired) electrons. The molecular weight excluding hydrogens is 363 g/mol. The van der Waals surface area contributed by atoms with Crippen LogP contribution >= 0.6 is 23.2 Å². The quantitative estimate of drug-likeness (QED) is 0.866. The summed E-state index contributed by atoms with van der Waals surface area (Å²) in [5.74, 6) is 0.156. The molecular formula is C14H10Cl2N2O4S. The second-order valence-electron chi connectivity index (χ2n) is 4.73. The van der Waals surface area contributed by atoms with Crippen molar-refractivity contribution in [3.63, 3.8) is 0 Å². The van der Waals surface area contributed by atoms with Crippen molar-refractivity contribution in [3.8, 4) is 5.75 Å². The summed E-state index contributed by atoms with van der Waals surface area (Å²) in [5, 5.41) is 2.90. The number of ether oxygens (including phenoxy) is 1. The lowest BCUT2D eigenvalue weighted by molar-refractivity contribution is -0.118. The molecule has 0 aromatic heterocycles. The van der Waals surface area contributed by atoms with Crippen LogP contribution in [0.5, 0.6) is 5.75 Å². The van der Waals surface area contributed by atoms with E-state index in [-0.39, 0.29) is 33.1 Å². The van der Waals surface area contributed by atoms with E-state index < -0.39 is 10.0 Å². The highest BCUT2D eigenvalue weighted by Gasteiger charge is 2.21. The Morgan fingerprint density at radius 3 is 2.70 bits per heavy atom. The van der Waals surface area contributed by atoms with Gasteiger partial charge in [-0.3, -0.25) is 9.52 Å². The summed E-state index contributed by atoms with van der Waals surface area (Å²) >= 11 is 11.7. The van der Waals surface area contributed by atoms with Gasteiger partial charge in [-0.15, -0.1) is 0 Å². The Hall–Kier alpha value is -1.96. The third kappa shape index (κ3) is 3.36. The van der Waals surface area contributed by atoms with Gasteiger partial charge in [0.15, 0.2) is 6.61 Å². The zero-order valence-corrected chi connectivity index (χ0v) is 13.8. The highest BCUT2D eigenvalue weighted by Crippen LogP contribution is 2.32. The molecule has 0 spiro atoms. The van der Waals surface area contributed by atoms with Crippen molar-refractivity contribution in [2.45, 2.75) is 4.90 Å². The first-order valence-corrected chi connectivity index (χ1v) is 8.64. The maximum Gasteiger partial charge on any atom is 0.263 e. The minimum absolute atomic E-state index is 0.0523. The van der Waals surface area contributed by atoms with Crippen LogP contribution in [0.3, 0.4) is 0 Å². The Kier molecular flexibility index (Phi) is 4.09. The zero-order chi connectivity index (χ0) is 16.6.